The Bertz CT molecular complexity index is 657. The predicted molar refractivity (Wildman–Crippen MR) is 90.1 cm³/mol. The highest BCUT2D eigenvalue weighted by Crippen LogP contribution is 2.27. The molecule has 0 radical (unpaired) electrons. The Kier molecular flexibility index (Phi) is 4.04. The SMILES string of the molecule is Cc1cnn(-c2cccc(N3CCC(OC4CCC4)CC3)n2)c1. The van der Waals surface area contributed by atoms with Crippen molar-refractivity contribution in [1.29, 1.82) is 0 Å². The number of pyridine rings is 1. The average molecular weight is 312 g/mol. The molecule has 2 fully saturated rings. The lowest BCUT2D eigenvalue weighted by Crippen LogP contribution is -2.40. The number of hydrogen-bond donors (Lipinski definition) is 0. The fraction of sp³-hybridized carbons (Fsp3) is 0.556. The molecule has 23 heavy (non-hydrogen) atoms. The molecule has 0 atom stereocenters. The van der Waals surface area contributed by atoms with Crippen LogP contribution in [0.4, 0.5) is 5.82 Å². The van der Waals surface area contributed by atoms with E-state index in [-0.39, 0.29) is 0 Å². The zero-order chi connectivity index (χ0) is 15.6. The minimum Gasteiger partial charge on any atom is -0.375 e. The zero-order valence-corrected chi connectivity index (χ0v) is 13.7. The number of anilines is 1. The first kappa shape index (κ1) is 14.7. The van der Waals surface area contributed by atoms with Gasteiger partial charge in [-0.15, -0.1) is 0 Å². The fourth-order valence-corrected chi connectivity index (χ4v) is 3.25. The van der Waals surface area contributed by atoms with Crippen molar-refractivity contribution in [1.82, 2.24) is 14.8 Å². The Balaban J connectivity index is 1.40. The van der Waals surface area contributed by atoms with Crippen LogP contribution in [0.2, 0.25) is 0 Å². The largest absolute Gasteiger partial charge is 0.375 e. The zero-order valence-electron chi connectivity index (χ0n) is 13.7. The lowest BCUT2D eigenvalue weighted by molar-refractivity contribution is -0.0596. The quantitative estimate of drug-likeness (QED) is 0.870. The second-order valence-electron chi connectivity index (χ2n) is 6.69. The maximum absolute atomic E-state index is 6.15. The molecule has 0 aromatic carbocycles. The van der Waals surface area contributed by atoms with Crippen LogP contribution in [0.1, 0.15) is 37.7 Å². The van der Waals surface area contributed by atoms with Crippen LogP contribution < -0.4 is 4.90 Å². The summed E-state index contributed by atoms with van der Waals surface area (Å²) in [7, 11) is 0. The number of ether oxygens (including phenoxy) is 1. The normalized spacial score (nSPS) is 19.8. The van der Waals surface area contributed by atoms with Crippen molar-refractivity contribution in [2.45, 2.75) is 51.2 Å². The molecule has 0 amide bonds. The number of nitrogens with zero attached hydrogens (tertiary/aromatic N) is 4. The number of rotatable bonds is 4. The van der Waals surface area contributed by atoms with Crippen LogP contribution >= 0.6 is 0 Å². The van der Waals surface area contributed by atoms with Gasteiger partial charge in [-0.2, -0.15) is 5.10 Å². The van der Waals surface area contributed by atoms with Gasteiger partial charge in [0.25, 0.3) is 0 Å². The van der Waals surface area contributed by atoms with E-state index in [0.29, 0.717) is 12.2 Å². The lowest BCUT2D eigenvalue weighted by Gasteiger charge is -2.36. The van der Waals surface area contributed by atoms with Crippen molar-refractivity contribution in [3.8, 4) is 5.82 Å². The minimum absolute atomic E-state index is 0.438. The lowest BCUT2D eigenvalue weighted by atomic mass is 9.95. The first-order valence-electron chi connectivity index (χ1n) is 8.67. The molecular weight excluding hydrogens is 288 g/mol. The Morgan fingerprint density at radius 3 is 2.43 bits per heavy atom. The van der Waals surface area contributed by atoms with Gasteiger partial charge in [-0.25, -0.2) is 9.67 Å². The van der Waals surface area contributed by atoms with Crippen LogP contribution in [-0.2, 0) is 4.74 Å². The fourth-order valence-electron chi connectivity index (χ4n) is 3.25. The summed E-state index contributed by atoms with van der Waals surface area (Å²) < 4.78 is 7.98. The molecule has 4 rings (SSSR count). The number of hydrogen-bond acceptors (Lipinski definition) is 4. The van der Waals surface area contributed by atoms with Crippen molar-refractivity contribution in [2.24, 2.45) is 0 Å². The van der Waals surface area contributed by atoms with Crippen molar-refractivity contribution in [2.75, 3.05) is 18.0 Å². The van der Waals surface area contributed by atoms with Gasteiger partial charge in [-0.05, 0) is 56.7 Å². The van der Waals surface area contributed by atoms with Crippen LogP contribution in [0.15, 0.2) is 30.6 Å². The third kappa shape index (κ3) is 3.24. The molecule has 1 aliphatic carbocycles. The van der Waals surface area contributed by atoms with E-state index in [0.717, 1.165) is 43.1 Å². The molecular formula is C18H24N4O. The van der Waals surface area contributed by atoms with Gasteiger partial charge < -0.3 is 9.64 Å². The van der Waals surface area contributed by atoms with Gasteiger partial charge in [0.15, 0.2) is 5.82 Å². The molecule has 0 unspecified atom stereocenters. The topological polar surface area (TPSA) is 43.2 Å². The summed E-state index contributed by atoms with van der Waals surface area (Å²) in [6.45, 7) is 4.08. The number of aromatic nitrogens is 3. The van der Waals surface area contributed by atoms with E-state index in [9.17, 15) is 0 Å². The maximum atomic E-state index is 6.15. The smallest absolute Gasteiger partial charge is 0.155 e. The Hall–Kier alpha value is -1.88. The Labute approximate surface area is 137 Å². The summed E-state index contributed by atoms with van der Waals surface area (Å²) >= 11 is 0. The van der Waals surface area contributed by atoms with Crippen LogP contribution in [0, 0.1) is 6.92 Å². The highest BCUT2D eigenvalue weighted by molar-refractivity contribution is 5.43. The van der Waals surface area contributed by atoms with E-state index in [1.807, 2.05) is 30.1 Å². The predicted octanol–water partition coefficient (Wildman–Crippen LogP) is 3.11. The third-order valence-electron chi connectivity index (χ3n) is 4.87. The summed E-state index contributed by atoms with van der Waals surface area (Å²) in [6, 6.07) is 6.15. The second kappa shape index (κ2) is 6.32. The molecule has 5 nitrogen and oxygen atoms in total. The van der Waals surface area contributed by atoms with Crippen molar-refractivity contribution in [3.63, 3.8) is 0 Å². The number of aryl methyl sites for hydroxylation is 1. The Morgan fingerprint density at radius 2 is 1.78 bits per heavy atom. The van der Waals surface area contributed by atoms with E-state index in [4.69, 9.17) is 9.72 Å². The van der Waals surface area contributed by atoms with Gasteiger partial charge in [0.1, 0.15) is 5.82 Å². The molecule has 0 N–H and O–H groups in total. The number of piperidine rings is 1. The highest BCUT2D eigenvalue weighted by atomic mass is 16.5. The summed E-state index contributed by atoms with van der Waals surface area (Å²) in [6.07, 6.45) is 10.9. The van der Waals surface area contributed by atoms with Gasteiger partial charge in [0, 0.05) is 19.3 Å². The molecule has 122 valence electrons. The highest BCUT2D eigenvalue weighted by Gasteiger charge is 2.26. The van der Waals surface area contributed by atoms with E-state index in [2.05, 4.69) is 22.1 Å². The molecule has 2 aromatic rings. The van der Waals surface area contributed by atoms with E-state index in [1.54, 1.807) is 0 Å². The van der Waals surface area contributed by atoms with E-state index in [1.165, 1.54) is 19.3 Å². The molecule has 2 aliphatic rings. The van der Waals surface area contributed by atoms with E-state index >= 15 is 0 Å². The molecule has 3 heterocycles. The molecule has 1 saturated carbocycles. The monoisotopic (exact) mass is 312 g/mol. The van der Waals surface area contributed by atoms with Crippen LogP contribution in [0.3, 0.4) is 0 Å². The third-order valence-corrected chi connectivity index (χ3v) is 4.87. The first-order valence-corrected chi connectivity index (χ1v) is 8.67. The van der Waals surface area contributed by atoms with Crippen LogP contribution in [0.5, 0.6) is 0 Å². The van der Waals surface area contributed by atoms with Crippen molar-refractivity contribution in [3.05, 3.63) is 36.2 Å². The van der Waals surface area contributed by atoms with Gasteiger partial charge in [-0.3, -0.25) is 0 Å². The van der Waals surface area contributed by atoms with E-state index < -0.39 is 0 Å². The summed E-state index contributed by atoms with van der Waals surface area (Å²) in [5, 5.41) is 4.35. The van der Waals surface area contributed by atoms with Gasteiger partial charge in [-0.1, -0.05) is 6.07 Å². The minimum atomic E-state index is 0.438. The van der Waals surface area contributed by atoms with Gasteiger partial charge >= 0.3 is 0 Å². The summed E-state index contributed by atoms with van der Waals surface area (Å²) in [5.41, 5.74) is 1.14. The van der Waals surface area contributed by atoms with Crippen LogP contribution in [-0.4, -0.2) is 40.1 Å². The van der Waals surface area contributed by atoms with Gasteiger partial charge in [0.2, 0.25) is 0 Å². The average Bonchev–Trinajstić information content (AvgIpc) is 2.98. The van der Waals surface area contributed by atoms with Crippen molar-refractivity contribution >= 4 is 5.82 Å². The van der Waals surface area contributed by atoms with Crippen LogP contribution in [0.25, 0.3) is 5.82 Å². The molecule has 1 aliphatic heterocycles. The molecule has 2 aromatic heterocycles. The summed E-state index contributed by atoms with van der Waals surface area (Å²) in [5.74, 6) is 1.92. The molecule has 1 saturated heterocycles. The second-order valence-corrected chi connectivity index (χ2v) is 6.69. The maximum Gasteiger partial charge on any atom is 0.155 e. The molecule has 0 bridgehead atoms. The summed E-state index contributed by atoms with van der Waals surface area (Å²) in [4.78, 5) is 7.14. The standard InChI is InChI=1S/C18H24N4O/c1-14-12-19-22(13-14)18-7-3-6-17(20-18)21-10-8-16(9-11-21)23-15-4-2-5-15/h3,6-7,12-13,15-16H,2,4-5,8-11H2,1H3. The molecule has 5 heteroatoms. The Morgan fingerprint density at radius 1 is 1.04 bits per heavy atom. The van der Waals surface area contributed by atoms with Crippen molar-refractivity contribution < 1.29 is 4.74 Å². The first-order chi connectivity index (χ1) is 11.3. The van der Waals surface area contributed by atoms with Gasteiger partial charge in [0.05, 0.1) is 18.4 Å². The molecule has 0 spiro atoms.